The Morgan fingerprint density at radius 1 is 1.12 bits per heavy atom. The molecule has 6 nitrogen and oxygen atoms in total. The molecule has 2 aromatic carbocycles. The molecule has 1 amide bonds. The smallest absolute Gasteiger partial charge is 0.248 e. The minimum absolute atomic E-state index is 0.303. The number of nitrogen functional groups attached to an aromatic ring is 1. The van der Waals surface area contributed by atoms with Gasteiger partial charge in [0.15, 0.2) is 0 Å². The molecule has 0 heterocycles. The fourth-order valence-electron chi connectivity index (χ4n) is 2.09. The van der Waals surface area contributed by atoms with E-state index in [0.717, 1.165) is 5.75 Å². The number of nitrogens with one attached hydrogen (secondary N) is 2. The lowest BCUT2D eigenvalue weighted by atomic mass is 10.2. The van der Waals surface area contributed by atoms with Crippen molar-refractivity contribution in [3.63, 3.8) is 0 Å². The van der Waals surface area contributed by atoms with Crippen LogP contribution in [-0.4, -0.2) is 25.3 Å². The number of ether oxygens (including phenoxy) is 1. The molecule has 6 heteroatoms. The van der Waals surface area contributed by atoms with Crippen molar-refractivity contribution in [3.8, 4) is 5.75 Å². The Hall–Kier alpha value is -3.38. The molecular weight excluding hydrogens is 328 g/mol. The van der Waals surface area contributed by atoms with Crippen LogP contribution >= 0.6 is 0 Å². The summed E-state index contributed by atoms with van der Waals surface area (Å²) in [7, 11) is 0. The van der Waals surface area contributed by atoms with E-state index in [1.165, 1.54) is 12.3 Å². The Morgan fingerprint density at radius 3 is 2.58 bits per heavy atom. The van der Waals surface area contributed by atoms with Crippen LogP contribution in [0.2, 0.25) is 0 Å². The Morgan fingerprint density at radius 2 is 1.85 bits per heavy atom. The highest BCUT2D eigenvalue weighted by Gasteiger charge is 2.01. The van der Waals surface area contributed by atoms with Gasteiger partial charge in [-0.05, 0) is 30.3 Å². The summed E-state index contributed by atoms with van der Waals surface area (Å²) in [6.07, 6.45) is 5.92. The van der Waals surface area contributed by atoms with Gasteiger partial charge in [0.2, 0.25) is 5.91 Å². The van der Waals surface area contributed by atoms with E-state index in [0.29, 0.717) is 30.1 Å². The summed E-state index contributed by atoms with van der Waals surface area (Å²) < 4.78 is 5.59. The van der Waals surface area contributed by atoms with Crippen molar-refractivity contribution >= 4 is 23.5 Å². The van der Waals surface area contributed by atoms with E-state index in [9.17, 15) is 4.79 Å². The van der Waals surface area contributed by atoms with Crippen molar-refractivity contribution < 1.29 is 14.8 Å². The maximum absolute atomic E-state index is 11.9. The first-order valence-corrected chi connectivity index (χ1v) is 8.24. The van der Waals surface area contributed by atoms with Crippen molar-refractivity contribution in [2.75, 3.05) is 24.2 Å². The third-order valence-corrected chi connectivity index (χ3v) is 3.42. The van der Waals surface area contributed by atoms with Gasteiger partial charge in [-0.25, -0.2) is 0 Å². The summed E-state index contributed by atoms with van der Waals surface area (Å²) in [5.41, 5.74) is 7.46. The number of anilines is 2. The summed E-state index contributed by atoms with van der Waals surface area (Å²) in [5, 5.41) is 12.0. The zero-order valence-electron chi connectivity index (χ0n) is 14.4. The number of carbonyl (C=O) groups is 1. The molecule has 0 aromatic heterocycles. The normalized spacial score (nSPS) is 11.3. The molecule has 26 heavy (non-hydrogen) atoms. The lowest BCUT2D eigenvalue weighted by Gasteiger charge is -2.05. The number of para-hydroxylation sites is 3. The predicted octanol–water partition coefficient (Wildman–Crippen LogP) is 1.94. The van der Waals surface area contributed by atoms with Crippen LogP contribution in [0.4, 0.5) is 11.4 Å². The minimum Gasteiger partial charge on any atom is -0.488 e. The Labute approximate surface area is 152 Å². The standard InChI is InChI=1S/C20H22N4O2/c21-14-16(15-23-12-13-26-17-6-2-1-3-7-17)10-11-20(25)24-19-9-5-4-8-18(19)22/h1-11,14-15,21,23H,12-13,22H2,(H,24,25)/p+1/b11-10+,16-15-,21-14?. The molecule has 134 valence electrons. The van der Waals surface area contributed by atoms with Crippen LogP contribution in [0, 0.1) is 5.41 Å². The minimum atomic E-state index is -0.303. The summed E-state index contributed by atoms with van der Waals surface area (Å²) >= 11 is 0. The van der Waals surface area contributed by atoms with Crippen LogP contribution in [0.25, 0.3) is 0 Å². The number of allylic oxidation sites excluding steroid dienone is 2. The first-order valence-electron chi connectivity index (χ1n) is 8.24. The molecule has 0 aliphatic heterocycles. The molecule has 0 spiro atoms. The van der Waals surface area contributed by atoms with E-state index in [2.05, 4.69) is 5.32 Å². The highest BCUT2D eigenvalue weighted by molar-refractivity contribution is 6.02. The first kappa shape index (κ1) is 19.0. The van der Waals surface area contributed by atoms with Gasteiger partial charge in [0.05, 0.1) is 11.4 Å². The average Bonchev–Trinajstić information content (AvgIpc) is 2.66. The number of rotatable bonds is 9. The highest BCUT2D eigenvalue weighted by Crippen LogP contribution is 2.16. The third kappa shape index (κ3) is 6.62. The largest absolute Gasteiger partial charge is 0.488 e. The lowest BCUT2D eigenvalue weighted by molar-refractivity contribution is -0.589. The van der Waals surface area contributed by atoms with Gasteiger partial charge in [0.25, 0.3) is 0 Å². The topological polar surface area (TPSA) is 105 Å². The second-order valence-electron chi connectivity index (χ2n) is 5.41. The van der Waals surface area contributed by atoms with Crippen LogP contribution in [0.15, 0.2) is 78.5 Å². The number of carbonyl (C=O) groups excluding carboxylic acids is 1. The van der Waals surface area contributed by atoms with Crippen molar-refractivity contribution in [1.82, 2.24) is 0 Å². The SMILES string of the molecule is N=CC(=C\[NH2+]CCOc1ccccc1)/C=C/C(=O)Nc1ccccc1N. The number of hydrogen-bond donors (Lipinski definition) is 4. The molecule has 0 saturated heterocycles. The fourth-order valence-corrected chi connectivity index (χ4v) is 2.09. The monoisotopic (exact) mass is 351 g/mol. The average molecular weight is 351 g/mol. The third-order valence-electron chi connectivity index (χ3n) is 3.42. The van der Waals surface area contributed by atoms with Gasteiger partial charge in [-0.15, -0.1) is 0 Å². The molecule has 0 atom stereocenters. The molecule has 0 aliphatic carbocycles. The fraction of sp³-hybridized carbons (Fsp3) is 0.100. The van der Waals surface area contributed by atoms with E-state index < -0.39 is 0 Å². The highest BCUT2D eigenvalue weighted by atomic mass is 16.5. The zero-order chi connectivity index (χ0) is 18.6. The van der Waals surface area contributed by atoms with E-state index >= 15 is 0 Å². The van der Waals surface area contributed by atoms with Crippen LogP contribution in [0.5, 0.6) is 5.75 Å². The van der Waals surface area contributed by atoms with Gasteiger partial charge in [0.1, 0.15) is 25.1 Å². The molecule has 2 rings (SSSR count). The van der Waals surface area contributed by atoms with Gasteiger partial charge >= 0.3 is 0 Å². The first-order chi connectivity index (χ1) is 12.7. The Bertz CT molecular complexity index is 785. The van der Waals surface area contributed by atoms with Crippen molar-refractivity contribution in [2.24, 2.45) is 0 Å². The zero-order valence-corrected chi connectivity index (χ0v) is 14.4. The van der Waals surface area contributed by atoms with E-state index in [4.69, 9.17) is 15.9 Å². The van der Waals surface area contributed by atoms with Crippen LogP contribution in [-0.2, 0) is 4.79 Å². The van der Waals surface area contributed by atoms with E-state index in [-0.39, 0.29) is 5.91 Å². The summed E-state index contributed by atoms with van der Waals surface area (Å²) in [6.45, 7) is 1.25. The molecule has 0 unspecified atom stereocenters. The number of benzene rings is 2. The van der Waals surface area contributed by atoms with E-state index in [1.807, 2.05) is 35.6 Å². The summed E-state index contributed by atoms with van der Waals surface area (Å²) in [4.78, 5) is 11.9. The maximum Gasteiger partial charge on any atom is 0.248 e. The molecule has 0 saturated carbocycles. The molecule has 0 fully saturated rings. The van der Waals surface area contributed by atoms with Crippen LogP contribution < -0.4 is 21.1 Å². The second kappa shape index (κ2) is 10.5. The van der Waals surface area contributed by atoms with Crippen LogP contribution in [0.1, 0.15) is 0 Å². The maximum atomic E-state index is 11.9. The number of quaternary nitrogens is 1. The van der Waals surface area contributed by atoms with Crippen molar-refractivity contribution in [2.45, 2.75) is 0 Å². The number of hydrogen-bond acceptors (Lipinski definition) is 4. The van der Waals surface area contributed by atoms with Gasteiger partial charge < -0.3 is 26.5 Å². The Balaban J connectivity index is 1.77. The molecule has 0 bridgehead atoms. The van der Waals surface area contributed by atoms with Gasteiger partial charge in [-0.1, -0.05) is 30.3 Å². The number of amides is 1. The molecule has 6 N–H and O–H groups in total. The predicted molar refractivity (Wildman–Crippen MR) is 104 cm³/mol. The quantitative estimate of drug-likeness (QED) is 0.182. The lowest BCUT2D eigenvalue weighted by Crippen LogP contribution is -2.79. The van der Waals surface area contributed by atoms with Crippen LogP contribution in [0.3, 0.4) is 0 Å². The Kier molecular flexibility index (Phi) is 7.64. The van der Waals surface area contributed by atoms with Gasteiger partial charge in [-0.3, -0.25) is 4.79 Å². The van der Waals surface area contributed by atoms with Crippen molar-refractivity contribution in [3.05, 3.63) is 78.5 Å². The van der Waals surface area contributed by atoms with E-state index in [1.54, 1.807) is 36.5 Å². The second-order valence-corrected chi connectivity index (χ2v) is 5.41. The number of nitrogens with two attached hydrogens (primary N) is 2. The van der Waals surface area contributed by atoms with Crippen molar-refractivity contribution in [1.29, 1.82) is 5.41 Å². The molecular formula is C20H23N4O2+. The summed E-state index contributed by atoms with van der Waals surface area (Å²) in [5.74, 6) is 0.525. The molecule has 2 aromatic rings. The molecule has 0 aliphatic rings. The van der Waals surface area contributed by atoms with Gasteiger partial charge in [-0.2, -0.15) is 0 Å². The van der Waals surface area contributed by atoms with Gasteiger partial charge in [0, 0.05) is 17.9 Å². The summed E-state index contributed by atoms with van der Waals surface area (Å²) in [6, 6.07) is 16.6. The molecule has 0 radical (unpaired) electrons.